The van der Waals surface area contributed by atoms with Gasteiger partial charge in [0.2, 0.25) is 5.91 Å². The zero-order valence-electron chi connectivity index (χ0n) is 12.9. The first-order valence-corrected chi connectivity index (χ1v) is 8.22. The third-order valence-corrected chi connectivity index (χ3v) is 4.10. The lowest BCUT2D eigenvalue weighted by molar-refractivity contribution is -0.132. The third kappa shape index (κ3) is 6.42. The molecule has 112 valence electrons. The first kappa shape index (κ1) is 16.5. The van der Waals surface area contributed by atoms with E-state index in [9.17, 15) is 4.79 Å². The Balaban J connectivity index is 2.33. The molecule has 0 aromatic rings. The van der Waals surface area contributed by atoms with Crippen molar-refractivity contribution in [1.82, 2.24) is 4.90 Å². The van der Waals surface area contributed by atoms with Gasteiger partial charge in [-0.05, 0) is 44.6 Å². The summed E-state index contributed by atoms with van der Waals surface area (Å²) in [5, 5.41) is 0. The van der Waals surface area contributed by atoms with Crippen molar-refractivity contribution in [3.63, 3.8) is 0 Å². The van der Waals surface area contributed by atoms with Crippen LogP contribution >= 0.6 is 0 Å². The molecular weight excluding hydrogens is 236 g/mol. The van der Waals surface area contributed by atoms with Gasteiger partial charge >= 0.3 is 0 Å². The first-order chi connectivity index (χ1) is 9.22. The monoisotopic (exact) mass is 268 g/mol. The van der Waals surface area contributed by atoms with Crippen LogP contribution in [0.1, 0.15) is 71.6 Å². The standard InChI is InChI=1S/C16H32N2O/c1-3-5-13-18(15-8-9-15)16(19)10-7-14(6-4-2)11-12-17/h14-15H,3-13,17H2,1-2H3. The average molecular weight is 268 g/mol. The number of unbranched alkanes of at least 4 members (excludes halogenated alkanes) is 1. The highest BCUT2D eigenvalue weighted by atomic mass is 16.2. The summed E-state index contributed by atoms with van der Waals surface area (Å²) in [6.07, 6.45) is 9.98. The van der Waals surface area contributed by atoms with Crippen LogP contribution in [-0.2, 0) is 4.79 Å². The van der Waals surface area contributed by atoms with Crippen LogP contribution in [0.5, 0.6) is 0 Å². The molecule has 0 saturated heterocycles. The lowest BCUT2D eigenvalue weighted by Gasteiger charge is -2.23. The molecule has 0 aromatic carbocycles. The normalized spacial score (nSPS) is 16.4. The van der Waals surface area contributed by atoms with Crippen molar-refractivity contribution < 1.29 is 4.79 Å². The minimum absolute atomic E-state index is 0.383. The lowest BCUT2D eigenvalue weighted by atomic mass is 9.94. The van der Waals surface area contributed by atoms with Crippen molar-refractivity contribution in [2.75, 3.05) is 13.1 Å². The maximum Gasteiger partial charge on any atom is 0.222 e. The van der Waals surface area contributed by atoms with Gasteiger partial charge in [0.25, 0.3) is 0 Å². The van der Waals surface area contributed by atoms with Crippen LogP contribution in [-0.4, -0.2) is 29.9 Å². The number of hydrogen-bond donors (Lipinski definition) is 1. The highest BCUT2D eigenvalue weighted by Gasteiger charge is 2.31. The van der Waals surface area contributed by atoms with E-state index in [1.807, 2.05) is 0 Å². The van der Waals surface area contributed by atoms with E-state index < -0.39 is 0 Å². The minimum atomic E-state index is 0.383. The lowest BCUT2D eigenvalue weighted by Crippen LogP contribution is -2.34. The molecule has 1 aliphatic carbocycles. The second-order valence-electron chi connectivity index (χ2n) is 5.94. The van der Waals surface area contributed by atoms with E-state index in [4.69, 9.17) is 5.73 Å². The van der Waals surface area contributed by atoms with E-state index in [0.717, 1.165) is 38.8 Å². The van der Waals surface area contributed by atoms with E-state index >= 15 is 0 Å². The molecule has 3 nitrogen and oxygen atoms in total. The summed E-state index contributed by atoms with van der Waals surface area (Å²) in [6.45, 7) is 6.12. The van der Waals surface area contributed by atoms with E-state index in [1.165, 1.54) is 32.1 Å². The Hall–Kier alpha value is -0.570. The molecule has 0 spiro atoms. The Morgan fingerprint density at radius 2 is 1.95 bits per heavy atom. The summed E-state index contributed by atoms with van der Waals surface area (Å²) in [6, 6.07) is 0.568. The number of hydrogen-bond acceptors (Lipinski definition) is 2. The molecule has 1 unspecified atom stereocenters. The van der Waals surface area contributed by atoms with Crippen molar-refractivity contribution in [2.45, 2.75) is 77.7 Å². The van der Waals surface area contributed by atoms with Crippen molar-refractivity contribution in [1.29, 1.82) is 0 Å². The maximum absolute atomic E-state index is 12.3. The van der Waals surface area contributed by atoms with Crippen molar-refractivity contribution in [3.05, 3.63) is 0 Å². The molecule has 3 heteroatoms. The number of nitrogens with two attached hydrogens (primary N) is 1. The van der Waals surface area contributed by atoms with Crippen molar-refractivity contribution >= 4 is 5.91 Å². The molecular formula is C16H32N2O. The fourth-order valence-corrected chi connectivity index (χ4v) is 2.77. The molecule has 19 heavy (non-hydrogen) atoms. The summed E-state index contributed by atoms with van der Waals surface area (Å²) in [4.78, 5) is 14.5. The second-order valence-corrected chi connectivity index (χ2v) is 5.94. The Bertz CT molecular complexity index is 245. The van der Waals surface area contributed by atoms with Gasteiger partial charge < -0.3 is 10.6 Å². The number of nitrogens with zero attached hydrogens (tertiary/aromatic N) is 1. The summed E-state index contributed by atoms with van der Waals surface area (Å²) < 4.78 is 0. The largest absolute Gasteiger partial charge is 0.340 e. The van der Waals surface area contributed by atoms with Crippen LogP contribution in [0.15, 0.2) is 0 Å². The highest BCUT2D eigenvalue weighted by molar-refractivity contribution is 5.76. The van der Waals surface area contributed by atoms with Gasteiger partial charge in [-0.1, -0.05) is 33.1 Å². The molecule has 1 rings (SSSR count). The average Bonchev–Trinajstić information content (AvgIpc) is 3.21. The maximum atomic E-state index is 12.3. The smallest absolute Gasteiger partial charge is 0.222 e. The zero-order valence-corrected chi connectivity index (χ0v) is 12.9. The highest BCUT2D eigenvalue weighted by Crippen LogP contribution is 2.28. The quantitative estimate of drug-likeness (QED) is 0.625. The number of rotatable bonds is 11. The molecule has 0 radical (unpaired) electrons. The Kier molecular flexibility index (Phi) is 8.11. The van der Waals surface area contributed by atoms with E-state index in [-0.39, 0.29) is 0 Å². The fraction of sp³-hybridized carbons (Fsp3) is 0.938. The van der Waals surface area contributed by atoms with Crippen molar-refractivity contribution in [3.8, 4) is 0 Å². The Morgan fingerprint density at radius 1 is 1.21 bits per heavy atom. The van der Waals surface area contributed by atoms with Crippen molar-refractivity contribution in [2.24, 2.45) is 11.7 Å². The molecule has 1 aliphatic rings. The summed E-state index contributed by atoms with van der Waals surface area (Å²) in [7, 11) is 0. The first-order valence-electron chi connectivity index (χ1n) is 8.22. The number of carbonyl (C=O) groups excluding carboxylic acids is 1. The SMILES string of the molecule is CCCCN(C(=O)CCC(CCC)CCN)C1CC1. The predicted molar refractivity (Wildman–Crippen MR) is 80.9 cm³/mol. The van der Waals surface area contributed by atoms with Gasteiger partial charge in [-0.3, -0.25) is 4.79 Å². The van der Waals surface area contributed by atoms with Crippen LogP contribution in [0.4, 0.5) is 0 Å². The molecule has 1 saturated carbocycles. The summed E-state index contributed by atoms with van der Waals surface area (Å²) in [5.41, 5.74) is 5.65. The third-order valence-electron chi connectivity index (χ3n) is 4.10. The molecule has 0 bridgehead atoms. The topological polar surface area (TPSA) is 46.3 Å². The second kappa shape index (κ2) is 9.35. The van der Waals surface area contributed by atoms with Crippen LogP contribution in [0, 0.1) is 5.92 Å². The fourth-order valence-electron chi connectivity index (χ4n) is 2.77. The number of carbonyl (C=O) groups is 1. The molecule has 0 aliphatic heterocycles. The minimum Gasteiger partial charge on any atom is -0.340 e. The Labute approximate surface area is 118 Å². The zero-order chi connectivity index (χ0) is 14.1. The number of amides is 1. The van der Waals surface area contributed by atoms with Gasteiger partial charge in [0.15, 0.2) is 0 Å². The predicted octanol–water partition coefficient (Wildman–Crippen LogP) is 3.32. The molecule has 0 heterocycles. The molecule has 1 fully saturated rings. The summed E-state index contributed by atoms with van der Waals surface area (Å²) in [5.74, 6) is 1.03. The molecule has 2 N–H and O–H groups in total. The Morgan fingerprint density at radius 3 is 2.47 bits per heavy atom. The van der Waals surface area contributed by atoms with Gasteiger partial charge in [-0.25, -0.2) is 0 Å². The van der Waals surface area contributed by atoms with Gasteiger partial charge in [-0.15, -0.1) is 0 Å². The van der Waals surface area contributed by atoms with Gasteiger partial charge in [0.1, 0.15) is 0 Å². The van der Waals surface area contributed by atoms with Crippen LogP contribution in [0.3, 0.4) is 0 Å². The van der Waals surface area contributed by atoms with E-state index in [1.54, 1.807) is 0 Å². The van der Waals surface area contributed by atoms with Crippen LogP contribution in [0.25, 0.3) is 0 Å². The van der Waals surface area contributed by atoms with Gasteiger partial charge in [-0.2, -0.15) is 0 Å². The van der Waals surface area contributed by atoms with Gasteiger partial charge in [0, 0.05) is 19.0 Å². The van der Waals surface area contributed by atoms with E-state index in [2.05, 4.69) is 18.7 Å². The molecule has 1 atom stereocenters. The molecule has 0 aromatic heterocycles. The van der Waals surface area contributed by atoms with Gasteiger partial charge in [0.05, 0.1) is 0 Å². The van der Waals surface area contributed by atoms with Crippen LogP contribution in [0.2, 0.25) is 0 Å². The molecule has 1 amide bonds. The summed E-state index contributed by atoms with van der Waals surface area (Å²) >= 11 is 0. The van der Waals surface area contributed by atoms with E-state index in [0.29, 0.717) is 17.9 Å². The van der Waals surface area contributed by atoms with Crippen LogP contribution < -0.4 is 5.73 Å².